The molecule has 19 heavy (non-hydrogen) atoms. The van der Waals surface area contributed by atoms with Crippen LogP contribution in [-0.4, -0.2) is 15.2 Å². The lowest BCUT2D eigenvalue weighted by Crippen LogP contribution is -1.81. The Morgan fingerprint density at radius 1 is 1.47 bits per heavy atom. The Hall–Kier alpha value is -2.72. The lowest BCUT2D eigenvalue weighted by atomic mass is 10.1. The summed E-state index contributed by atoms with van der Waals surface area (Å²) in [7, 11) is 0. The fourth-order valence-electron chi connectivity index (χ4n) is 1.44. The molecule has 7 heteroatoms. The maximum atomic E-state index is 10.5. The van der Waals surface area contributed by atoms with Crippen molar-refractivity contribution in [2.24, 2.45) is 5.18 Å². The van der Waals surface area contributed by atoms with Crippen LogP contribution in [0.2, 0.25) is 0 Å². The van der Waals surface area contributed by atoms with Gasteiger partial charge in [-0.05, 0) is 28.9 Å². The number of hydrogen-bond donors (Lipinski definition) is 2. The first kappa shape index (κ1) is 12.7. The van der Waals surface area contributed by atoms with Crippen LogP contribution in [0.3, 0.4) is 0 Å². The van der Waals surface area contributed by atoms with Crippen molar-refractivity contribution < 1.29 is 10.2 Å². The predicted octanol–water partition coefficient (Wildman–Crippen LogP) is 3.02. The maximum absolute atomic E-state index is 10.5. The number of rotatable bonds is 3. The molecule has 1 aromatic heterocycles. The second-order valence-electron chi connectivity index (χ2n) is 3.51. The van der Waals surface area contributed by atoms with Crippen LogP contribution in [0.4, 0.5) is 5.69 Å². The monoisotopic (exact) mass is 273 g/mol. The summed E-state index contributed by atoms with van der Waals surface area (Å²) in [4.78, 5) is 14.5. The van der Waals surface area contributed by atoms with Gasteiger partial charge in [0.1, 0.15) is 11.1 Å². The second-order valence-corrected chi connectivity index (χ2v) is 4.40. The van der Waals surface area contributed by atoms with Crippen molar-refractivity contribution >= 4 is 28.7 Å². The van der Waals surface area contributed by atoms with Crippen LogP contribution in [0.25, 0.3) is 11.6 Å². The van der Waals surface area contributed by atoms with Crippen LogP contribution < -0.4 is 0 Å². The number of phenolic OH excluding ortho intramolecular Hbond substituents is 2. The molecule has 0 radical (unpaired) electrons. The molecular weight excluding hydrogens is 266 g/mol. The summed E-state index contributed by atoms with van der Waals surface area (Å²) >= 11 is 1.29. The van der Waals surface area contributed by atoms with Crippen molar-refractivity contribution in [1.82, 2.24) is 4.98 Å². The van der Waals surface area contributed by atoms with Gasteiger partial charge in [0.05, 0.1) is 5.57 Å². The summed E-state index contributed by atoms with van der Waals surface area (Å²) in [6, 6.07) is 4.48. The van der Waals surface area contributed by atoms with Gasteiger partial charge in [-0.2, -0.15) is 5.26 Å². The molecule has 2 rings (SSSR count). The summed E-state index contributed by atoms with van der Waals surface area (Å²) in [5.41, 5.74) is 0.372. The molecule has 0 aliphatic rings. The third kappa shape index (κ3) is 2.59. The molecule has 0 saturated carbocycles. The van der Waals surface area contributed by atoms with Crippen molar-refractivity contribution in [2.45, 2.75) is 0 Å². The highest BCUT2D eigenvalue weighted by Crippen LogP contribution is 2.37. The van der Waals surface area contributed by atoms with Crippen molar-refractivity contribution in [1.29, 1.82) is 5.26 Å². The number of aromatic nitrogens is 1. The molecular formula is C12H7N3O3S. The van der Waals surface area contributed by atoms with E-state index in [0.717, 1.165) is 0 Å². The number of benzene rings is 1. The van der Waals surface area contributed by atoms with Crippen molar-refractivity contribution in [3.63, 3.8) is 0 Å². The van der Waals surface area contributed by atoms with Gasteiger partial charge in [-0.1, -0.05) is 0 Å². The van der Waals surface area contributed by atoms with Gasteiger partial charge in [0.25, 0.3) is 0 Å². The largest absolute Gasteiger partial charge is 0.504 e. The molecule has 2 N–H and O–H groups in total. The predicted molar refractivity (Wildman–Crippen MR) is 70.8 cm³/mol. The smallest absolute Gasteiger partial charge is 0.187 e. The third-order valence-electron chi connectivity index (χ3n) is 2.28. The minimum atomic E-state index is -0.583. The number of nitriles is 1. The molecule has 0 saturated heterocycles. The van der Waals surface area contributed by atoms with Gasteiger partial charge < -0.3 is 10.2 Å². The summed E-state index contributed by atoms with van der Waals surface area (Å²) in [6.07, 6.45) is 3.02. The first-order chi connectivity index (χ1) is 9.15. The molecule has 0 bridgehead atoms. The van der Waals surface area contributed by atoms with E-state index in [1.807, 2.05) is 6.07 Å². The van der Waals surface area contributed by atoms with Gasteiger partial charge >= 0.3 is 0 Å². The Bertz CT molecular complexity index is 687. The Morgan fingerprint density at radius 2 is 2.26 bits per heavy atom. The quantitative estimate of drug-likeness (QED) is 0.508. The molecule has 0 atom stereocenters. The minimum Gasteiger partial charge on any atom is -0.504 e. The minimum absolute atomic E-state index is 0.289. The van der Waals surface area contributed by atoms with Crippen molar-refractivity contribution in [3.8, 4) is 17.6 Å². The summed E-state index contributed by atoms with van der Waals surface area (Å²) in [5, 5.41) is 32.7. The van der Waals surface area contributed by atoms with Crippen LogP contribution in [0, 0.1) is 16.2 Å². The van der Waals surface area contributed by atoms with E-state index < -0.39 is 11.5 Å². The van der Waals surface area contributed by atoms with E-state index in [2.05, 4.69) is 10.2 Å². The Balaban J connectivity index is 2.51. The van der Waals surface area contributed by atoms with E-state index >= 15 is 0 Å². The normalized spacial score (nSPS) is 11.0. The van der Waals surface area contributed by atoms with E-state index in [4.69, 9.17) is 5.26 Å². The number of aromatic hydroxyl groups is 2. The van der Waals surface area contributed by atoms with Crippen LogP contribution in [0.15, 0.2) is 28.9 Å². The fourth-order valence-corrected chi connectivity index (χ4v) is 2.05. The molecule has 6 nitrogen and oxygen atoms in total. The SMILES string of the molecule is N#C/C(=C\c1cc(O)c(O)c(N=O)c1)c1nccs1. The number of nitrogens with zero attached hydrogens (tertiary/aromatic N) is 3. The zero-order valence-corrected chi connectivity index (χ0v) is 10.3. The average Bonchev–Trinajstić information content (AvgIpc) is 2.93. The number of allylic oxidation sites excluding steroid dienone is 1. The Morgan fingerprint density at radius 3 is 2.84 bits per heavy atom. The molecule has 0 fully saturated rings. The molecule has 0 unspecified atom stereocenters. The third-order valence-corrected chi connectivity index (χ3v) is 3.09. The molecule has 1 aromatic carbocycles. The summed E-state index contributed by atoms with van der Waals surface area (Å²) in [6.45, 7) is 0. The van der Waals surface area contributed by atoms with Crippen LogP contribution >= 0.6 is 11.3 Å². The standard InChI is InChI=1S/C12H7N3O3S/c13-6-8(12-14-1-2-19-12)3-7-4-9(15-18)11(17)10(16)5-7/h1-5,16-17H/b8-3+. The first-order valence-electron chi connectivity index (χ1n) is 5.06. The lowest BCUT2D eigenvalue weighted by Gasteiger charge is -2.02. The van der Waals surface area contributed by atoms with Crippen molar-refractivity contribution in [3.05, 3.63) is 39.2 Å². The molecule has 94 valence electrons. The Kier molecular flexibility index (Phi) is 3.54. The van der Waals surface area contributed by atoms with Gasteiger partial charge in [-0.25, -0.2) is 4.98 Å². The van der Waals surface area contributed by atoms with Crippen LogP contribution in [0.1, 0.15) is 10.6 Å². The first-order valence-corrected chi connectivity index (χ1v) is 5.94. The highest BCUT2D eigenvalue weighted by Gasteiger charge is 2.10. The van der Waals surface area contributed by atoms with Crippen LogP contribution in [-0.2, 0) is 0 Å². The molecule has 0 aliphatic heterocycles. The topological polar surface area (TPSA) is 107 Å². The van der Waals surface area contributed by atoms with Gasteiger partial charge in [-0.15, -0.1) is 16.2 Å². The molecule has 0 amide bonds. The summed E-state index contributed by atoms with van der Waals surface area (Å²) in [5.74, 6) is -1.06. The summed E-state index contributed by atoms with van der Waals surface area (Å²) < 4.78 is 0. The molecule has 2 aromatic rings. The maximum Gasteiger partial charge on any atom is 0.187 e. The van der Waals surface area contributed by atoms with E-state index in [-0.39, 0.29) is 11.3 Å². The average molecular weight is 273 g/mol. The van der Waals surface area contributed by atoms with Gasteiger partial charge in [-0.3, -0.25) is 0 Å². The zero-order valence-electron chi connectivity index (χ0n) is 9.44. The van der Waals surface area contributed by atoms with Crippen LogP contribution in [0.5, 0.6) is 11.5 Å². The number of hydrogen-bond acceptors (Lipinski definition) is 7. The number of phenols is 2. The highest BCUT2D eigenvalue weighted by atomic mass is 32.1. The van der Waals surface area contributed by atoms with E-state index in [1.54, 1.807) is 11.6 Å². The van der Waals surface area contributed by atoms with E-state index in [1.165, 1.54) is 29.5 Å². The van der Waals surface area contributed by atoms with Gasteiger partial charge in [0, 0.05) is 11.6 Å². The lowest BCUT2D eigenvalue weighted by molar-refractivity contribution is 0.405. The van der Waals surface area contributed by atoms with Crippen molar-refractivity contribution in [2.75, 3.05) is 0 Å². The molecule has 1 heterocycles. The fraction of sp³-hybridized carbons (Fsp3) is 0. The number of nitroso groups, excluding NO2 is 1. The van der Waals surface area contributed by atoms with Gasteiger partial charge in [0.2, 0.25) is 0 Å². The molecule has 0 aliphatic carbocycles. The second kappa shape index (κ2) is 5.29. The highest BCUT2D eigenvalue weighted by molar-refractivity contribution is 7.10. The van der Waals surface area contributed by atoms with Gasteiger partial charge in [0.15, 0.2) is 17.2 Å². The van der Waals surface area contributed by atoms with E-state index in [9.17, 15) is 15.1 Å². The molecule has 0 spiro atoms. The Labute approximate surface area is 111 Å². The van der Waals surface area contributed by atoms with E-state index in [0.29, 0.717) is 10.6 Å². The zero-order chi connectivity index (χ0) is 13.8. The number of thiazole rings is 1.